The molecule has 0 aromatic heterocycles. The zero-order chi connectivity index (χ0) is 11.0. The van der Waals surface area contributed by atoms with Gasteiger partial charge < -0.3 is 4.74 Å². The first-order valence-corrected chi connectivity index (χ1v) is 5.32. The molecule has 84 valence electrons. The Labute approximate surface area is 85.8 Å². The van der Waals surface area contributed by atoms with Crippen molar-refractivity contribution in [3.63, 3.8) is 0 Å². The van der Waals surface area contributed by atoms with Gasteiger partial charge in [0.05, 0.1) is 12.6 Å². The third kappa shape index (κ3) is 4.46. The van der Waals surface area contributed by atoms with Crippen LogP contribution >= 0.6 is 0 Å². The van der Waals surface area contributed by atoms with E-state index in [1.807, 2.05) is 20.8 Å². The summed E-state index contributed by atoms with van der Waals surface area (Å²) in [6.45, 7) is 6.24. The lowest BCUT2D eigenvalue weighted by Crippen LogP contribution is -2.37. The van der Waals surface area contributed by atoms with Crippen LogP contribution in [0.3, 0.4) is 0 Å². The Morgan fingerprint density at radius 2 is 2.00 bits per heavy atom. The lowest BCUT2D eigenvalue weighted by molar-refractivity contribution is -0.107. The Bertz CT molecular complexity index is 161. The highest BCUT2D eigenvalue weighted by atomic mass is 16.6. The maximum Gasteiger partial charge on any atom is 0.433 e. The highest BCUT2D eigenvalue weighted by molar-refractivity contribution is 5.66. The summed E-state index contributed by atoms with van der Waals surface area (Å²) in [6.07, 6.45) is 2.62. The summed E-state index contributed by atoms with van der Waals surface area (Å²) >= 11 is 0. The van der Waals surface area contributed by atoms with Crippen LogP contribution in [-0.2, 0) is 4.74 Å². The zero-order valence-electron chi connectivity index (χ0n) is 9.32. The largest absolute Gasteiger partial charge is 0.448 e. The average Bonchev–Trinajstić information content (AvgIpc) is 2.21. The Kier molecular flexibility index (Phi) is 7.20. The molecule has 1 amide bonds. The Morgan fingerprint density at radius 1 is 1.36 bits per heavy atom. The smallest absolute Gasteiger partial charge is 0.433 e. The van der Waals surface area contributed by atoms with E-state index in [4.69, 9.17) is 4.74 Å². The number of ether oxygens (including phenoxy) is 1. The summed E-state index contributed by atoms with van der Waals surface area (Å²) in [5.74, 6) is 0. The molecule has 1 N–H and O–H groups in total. The van der Waals surface area contributed by atoms with Gasteiger partial charge in [0, 0.05) is 0 Å². The maximum absolute atomic E-state index is 11.2. The van der Waals surface area contributed by atoms with Crippen molar-refractivity contribution >= 4 is 6.09 Å². The number of hydroxylamine groups is 2. The molecule has 0 aliphatic rings. The van der Waals surface area contributed by atoms with Gasteiger partial charge in [0.15, 0.2) is 0 Å². The van der Waals surface area contributed by atoms with Gasteiger partial charge in [0.1, 0.15) is 0 Å². The average molecular weight is 203 g/mol. The highest BCUT2D eigenvalue weighted by Gasteiger charge is 2.20. The Hall–Kier alpha value is -0.770. The molecule has 0 aromatic rings. The van der Waals surface area contributed by atoms with Crippen LogP contribution in [0.25, 0.3) is 0 Å². The third-order valence-corrected chi connectivity index (χ3v) is 2.06. The lowest BCUT2D eigenvalue weighted by Gasteiger charge is -2.23. The van der Waals surface area contributed by atoms with E-state index in [0.717, 1.165) is 30.7 Å². The monoisotopic (exact) mass is 203 g/mol. The summed E-state index contributed by atoms with van der Waals surface area (Å²) in [5.41, 5.74) is 0. The second kappa shape index (κ2) is 7.62. The van der Waals surface area contributed by atoms with E-state index >= 15 is 0 Å². The molecule has 0 radical (unpaired) electrons. The standard InChI is InChI=1S/C10H21NO3/c1-4-7-9(6-3)11(13)10(12)14-8-5-2/h9,13H,4-8H2,1-3H3. The summed E-state index contributed by atoms with van der Waals surface area (Å²) in [5, 5.41) is 10.2. The molecule has 0 spiro atoms. The fourth-order valence-corrected chi connectivity index (χ4v) is 1.24. The van der Waals surface area contributed by atoms with Crippen molar-refractivity contribution in [1.29, 1.82) is 0 Å². The predicted molar refractivity (Wildman–Crippen MR) is 54.3 cm³/mol. The quantitative estimate of drug-likeness (QED) is 0.533. The molecule has 0 saturated carbocycles. The van der Waals surface area contributed by atoms with E-state index in [2.05, 4.69) is 0 Å². The van der Waals surface area contributed by atoms with E-state index in [0.29, 0.717) is 6.61 Å². The van der Waals surface area contributed by atoms with Crippen LogP contribution in [0.1, 0.15) is 46.5 Å². The van der Waals surface area contributed by atoms with Gasteiger partial charge in [0.25, 0.3) is 0 Å². The maximum atomic E-state index is 11.2. The molecule has 4 nitrogen and oxygen atoms in total. The number of carbonyl (C=O) groups is 1. The molecule has 0 aliphatic carbocycles. The first-order valence-electron chi connectivity index (χ1n) is 5.32. The van der Waals surface area contributed by atoms with Gasteiger partial charge in [-0.1, -0.05) is 27.2 Å². The number of carbonyl (C=O) groups excluding carboxylic acids is 1. The molecular formula is C10H21NO3. The summed E-state index contributed by atoms with van der Waals surface area (Å²) in [6, 6.07) is -0.121. The van der Waals surface area contributed by atoms with Crippen LogP contribution in [0.2, 0.25) is 0 Å². The molecule has 14 heavy (non-hydrogen) atoms. The Morgan fingerprint density at radius 3 is 2.43 bits per heavy atom. The fourth-order valence-electron chi connectivity index (χ4n) is 1.24. The van der Waals surface area contributed by atoms with Gasteiger partial charge in [-0.25, -0.2) is 4.79 Å². The fraction of sp³-hybridized carbons (Fsp3) is 0.900. The lowest BCUT2D eigenvalue weighted by atomic mass is 10.1. The minimum Gasteiger partial charge on any atom is -0.448 e. The van der Waals surface area contributed by atoms with Crippen LogP contribution in [0, 0.1) is 0 Å². The number of nitrogens with zero attached hydrogens (tertiary/aromatic N) is 1. The summed E-state index contributed by atoms with van der Waals surface area (Å²) in [4.78, 5) is 11.2. The normalized spacial score (nSPS) is 12.3. The molecule has 0 fully saturated rings. The van der Waals surface area contributed by atoms with Crippen LogP contribution in [0.4, 0.5) is 4.79 Å². The van der Waals surface area contributed by atoms with E-state index in [1.54, 1.807) is 0 Å². The van der Waals surface area contributed by atoms with Gasteiger partial charge in [-0.2, -0.15) is 5.06 Å². The van der Waals surface area contributed by atoms with Crippen molar-refractivity contribution in [2.24, 2.45) is 0 Å². The van der Waals surface area contributed by atoms with Crippen LogP contribution < -0.4 is 0 Å². The third-order valence-electron chi connectivity index (χ3n) is 2.06. The van der Waals surface area contributed by atoms with Crippen molar-refractivity contribution < 1.29 is 14.7 Å². The number of hydrogen-bond acceptors (Lipinski definition) is 3. The second-order valence-electron chi connectivity index (χ2n) is 3.31. The molecule has 0 saturated heterocycles. The van der Waals surface area contributed by atoms with Crippen LogP contribution in [-0.4, -0.2) is 29.0 Å². The zero-order valence-corrected chi connectivity index (χ0v) is 9.32. The van der Waals surface area contributed by atoms with Crippen LogP contribution in [0.15, 0.2) is 0 Å². The van der Waals surface area contributed by atoms with E-state index in [-0.39, 0.29) is 6.04 Å². The predicted octanol–water partition coefficient (Wildman–Crippen LogP) is 2.80. The molecule has 4 heteroatoms. The molecule has 0 heterocycles. The van der Waals surface area contributed by atoms with Crippen molar-refractivity contribution in [3.8, 4) is 0 Å². The van der Waals surface area contributed by atoms with Gasteiger partial charge in [0.2, 0.25) is 0 Å². The molecule has 0 aromatic carbocycles. The van der Waals surface area contributed by atoms with E-state index in [9.17, 15) is 10.0 Å². The minimum atomic E-state index is -0.632. The number of amides is 1. The first-order chi connectivity index (χ1) is 6.67. The van der Waals surface area contributed by atoms with E-state index in [1.165, 1.54) is 0 Å². The van der Waals surface area contributed by atoms with Crippen LogP contribution in [0.5, 0.6) is 0 Å². The molecule has 0 aliphatic heterocycles. The number of rotatable bonds is 6. The first kappa shape index (κ1) is 13.2. The minimum absolute atomic E-state index is 0.121. The molecule has 1 atom stereocenters. The second-order valence-corrected chi connectivity index (χ2v) is 3.31. The van der Waals surface area contributed by atoms with E-state index < -0.39 is 6.09 Å². The van der Waals surface area contributed by atoms with Gasteiger partial charge in [-0.15, -0.1) is 0 Å². The SMILES string of the molecule is CCCOC(=O)N(O)C(CC)CCC. The molecule has 0 rings (SSSR count). The molecular weight excluding hydrogens is 182 g/mol. The van der Waals surface area contributed by atoms with Crippen molar-refractivity contribution in [3.05, 3.63) is 0 Å². The topological polar surface area (TPSA) is 49.8 Å². The Balaban J connectivity index is 3.98. The highest BCUT2D eigenvalue weighted by Crippen LogP contribution is 2.09. The van der Waals surface area contributed by atoms with Crippen molar-refractivity contribution in [2.75, 3.05) is 6.61 Å². The molecule has 1 unspecified atom stereocenters. The van der Waals surface area contributed by atoms with Gasteiger partial charge in [-0.05, 0) is 19.3 Å². The molecule has 0 bridgehead atoms. The number of hydrogen-bond donors (Lipinski definition) is 1. The van der Waals surface area contributed by atoms with Crippen molar-refractivity contribution in [2.45, 2.75) is 52.5 Å². The van der Waals surface area contributed by atoms with Gasteiger partial charge >= 0.3 is 6.09 Å². The summed E-state index contributed by atoms with van der Waals surface area (Å²) < 4.78 is 4.82. The van der Waals surface area contributed by atoms with Crippen molar-refractivity contribution in [1.82, 2.24) is 5.06 Å². The summed E-state index contributed by atoms with van der Waals surface area (Å²) in [7, 11) is 0. The van der Waals surface area contributed by atoms with Gasteiger partial charge in [-0.3, -0.25) is 5.21 Å².